The van der Waals surface area contributed by atoms with Crippen molar-refractivity contribution in [2.75, 3.05) is 0 Å². The Bertz CT molecular complexity index is 311. The second-order valence-electron chi connectivity index (χ2n) is 4.65. The molecule has 0 aromatic carbocycles. The van der Waals surface area contributed by atoms with Crippen molar-refractivity contribution in [1.82, 2.24) is 0 Å². The minimum absolute atomic E-state index is 0.377. The number of ketones is 2. The molecule has 0 aromatic heterocycles. The molecule has 0 radical (unpaired) electrons. The number of rotatable bonds is 8. The summed E-state index contributed by atoms with van der Waals surface area (Å²) in [6.45, 7) is 11.8. The summed E-state index contributed by atoms with van der Waals surface area (Å²) in [6, 6.07) is 0. The van der Waals surface area contributed by atoms with E-state index in [2.05, 4.69) is 13.5 Å². The van der Waals surface area contributed by atoms with Crippen molar-refractivity contribution in [2.24, 2.45) is 0 Å². The number of carboxylic acid groups (broad SMARTS) is 1. The molecule has 0 aliphatic carbocycles. The standard InChI is InChI=1S/C8H16O.C6H12O.C2H4O2.C2H2O/c1-3-5-6-7-8(9)4-2;1-3-5-6(7)4-2;1-2(3)4;1-2-3/h3-7H2,1-2H3;3-5H2,1-2H3;1H3,(H,3,4);1H2. The maximum absolute atomic E-state index is 10.7. The molecule has 1 N–H and O–H groups in total. The third kappa shape index (κ3) is 64.2. The highest BCUT2D eigenvalue weighted by atomic mass is 16.4. The monoisotopic (exact) mass is 330 g/mol. The average Bonchev–Trinajstić information content (AvgIpc) is 2.48. The van der Waals surface area contributed by atoms with Gasteiger partial charge in [-0.3, -0.25) is 14.4 Å². The summed E-state index contributed by atoms with van der Waals surface area (Å²) in [5.74, 6) is 1.20. The second kappa shape index (κ2) is 28.4. The van der Waals surface area contributed by atoms with Crippen molar-refractivity contribution in [1.29, 1.82) is 0 Å². The van der Waals surface area contributed by atoms with E-state index in [0.717, 1.165) is 32.6 Å². The zero-order chi connectivity index (χ0) is 19.1. The number of carboxylic acids is 1. The predicted molar refractivity (Wildman–Crippen MR) is 94.3 cm³/mol. The molecule has 0 aromatic rings. The smallest absolute Gasteiger partial charge is 0.300 e. The van der Waals surface area contributed by atoms with Crippen LogP contribution in [0.25, 0.3) is 0 Å². The number of carbonyl (C=O) groups excluding carboxylic acids is 3. The van der Waals surface area contributed by atoms with Crippen LogP contribution >= 0.6 is 0 Å². The molecule has 0 aliphatic heterocycles. The van der Waals surface area contributed by atoms with E-state index in [9.17, 15) is 9.59 Å². The van der Waals surface area contributed by atoms with Gasteiger partial charge in [0.2, 0.25) is 0 Å². The van der Waals surface area contributed by atoms with Gasteiger partial charge in [-0.2, -0.15) is 0 Å². The second-order valence-corrected chi connectivity index (χ2v) is 4.65. The molecule has 0 aliphatic rings. The molecule has 0 atom stereocenters. The van der Waals surface area contributed by atoms with Crippen LogP contribution in [-0.4, -0.2) is 28.6 Å². The highest BCUT2D eigenvalue weighted by molar-refractivity contribution is 5.78. The van der Waals surface area contributed by atoms with Crippen LogP contribution < -0.4 is 0 Å². The Kier molecular flexibility index (Phi) is 36.2. The molecule has 0 saturated carbocycles. The molecule has 0 bridgehead atoms. The number of hydrogen-bond donors (Lipinski definition) is 1. The number of carbonyl (C=O) groups is 3. The van der Waals surface area contributed by atoms with Crippen molar-refractivity contribution in [3.05, 3.63) is 6.58 Å². The Hall–Kier alpha value is -1.74. The molecule has 0 rings (SSSR count). The first kappa shape index (κ1) is 29.3. The van der Waals surface area contributed by atoms with E-state index in [4.69, 9.17) is 14.7 Å². The number of aliphatic carboxylic acids is 1. The first-order valence-electron chi connectivity index (χ1n) is 8.14. The Balaban J connectivity index is -0.000000114. The summed E-state index contributed by atoms with van der Waals surface area (Å²) < 4.78 is 0. The van der Waals surface area contributed by atoms with E-state index in [0.29, 0.717) is 24.4 Å². The summed E-state index contributed by atoms with van der Waals surface area (Å²) in [4.78, 5) is 38.7. The van der Waals surface area contributed by atoms with Gasteiger partial charge in [0.05, 0.1) is 0 Å². The quantitative estimate of drug-likeness (QED) is 0.526. The van der Waals surface area contributed by atoms with Crippen LogP contribution in [0.15, 0.2) is 6.58 Å². The summed E-state index contributed by atoms with van der Waals surface area (Å²) in [5.41, 5.74) is 0. The molecule has 0 fully saturated rings. The van der Waals surface area contributed by atoms with Crippen LogP contribution in [0, 0.1) is 0 Å². The Labute approximate surface area is 141 Å². The van der Waals surface area contributed by atoms with Crippen LogP contribution in [0.5, 0.6) is 0 Å². The maximum Gasteiger partial charge on any atom is 0.300 e. The van der Waals surface area contributed by atoms with Gasteiger partial charge in [-0.05, 0) is 19.4 Å². The molecule has 0 amide bonds. The molecule has 0 heterocycles. The van der Waals surface area contributed by atoms with Gasteiger partial charge >= 0.3 is 0 Å². The van der Waals surface area contributed by atoms with Gasteiger partial charge in [-0.1, -0.05) is 40.5 Å². The van der Waals surface area contributed by atoms with Crippen LogP contribution in [0.4, 0.5) is 0 Å². The summed E-state index contributed by atoms with van der Waals surface area (Å²) in [5, 5.41) is 7.42. The summed E-state index contributed by atoms with van der Waals surface area (Å²) >= 11 is 0. The Morgan fingerprint density at radius 1 is 0.870 bits per heavy atom. The lowest BCUT2D eigenvalue weighted by Crippen LogP contribution is -1.93. The van der Waals surface area contributed by atoms with E-state index in [1.807, 2.05) is 20.8 Å². The van der Waals surface area contributed by atoms with Crippen LogP contribution in [0.1, 0.15) is 86.0 Å². The normalized spacial score (nSPS) is 7.87. The number of hydrogen-bond acceptors (Lipinski definition) is 4. The SMILES string of the molecule is C=C=O.CC(=O)O.CCCC(=O)CC.CCCCCC(=O)CC. The van der Waals surface area contributed by atoms with E-state index in [-0.39, 0.29) is 0 Å². The first-order chi connectivity index (χ1) is 10.8. The maximum atomic E-state index is 10.7. The molecule has 0 saturated heterocycles. The van der Waals surface area contributed by atoms with Crippen molar-refractivity contribution >= 4 is 23.5 Å². The molecule has 0 spiro atoms. The van der Waals surface area contributed by atoms with Gasteiger partial charge in [-0.15, -0.1) is 0 Å². The fourth-order valence-corrected chi connectivity index (χ4v) is 1.20. The van der Waals surface area contributed by atoms with Crippen molar-refractivity contribution in [3.8, 4) is 0 Å². The molecule has 0 unspecified atom stereocenters. The lowest BCUT2D eigenvalue weighted by atomic mass is 10.1. The lowest BCUT2D eigenvalue weighted by Gasteiger charge is -1.93. The van der Waals surface area contributed by atoms with Crippen LogP contribution in [-0.2, 0) is 19.2 Å². The van der Waals surface area contributed by atoms with Gasteiger partial charge in [-0.25, -0.2) is 4.79 Å². The third-order valence-corrected chi connectivity index (χ3v) is 2.38. The molecular formula is C18H34O5. The fraction of sp³-hybridized carbons (Fsp3) is 0.722. The average molecular weight is 330 g/mol. The van der Waals surface area contributed by atoms with Crippen molar-refractivity contribution in [2.45, 2.75) is 86.0 Å². The Morgan fingerprint density at radius 2 is 1.22 bits per heavy atom. The van der Waals surface area contributed by atoms with Gasteiger partial charge < -0.3 is 5.11 Å². The summed E-state index contributed by atoms with van der Waals surface area (Å²) in [6.07, 6.45) is 7.46. The number of Topliss-reactive ketones (excluding diaryl/α,β-unsaturated/α-hetero) is 2. The van der Waals surface area contributed by atoms with E-state index in [1.54, 1.807) is 0 Å². The van der Waals surface area contributed by atoms with Gasteiger partial charge in [0.25, 0.3) is 5.97 Å². The predicted octanol–water partition coefficient (Wildman–Crippen LogP) is 4.41. The topological polar surface area (TPSA) is 88.5 Å². The van der Waals surface area contributed by atoms with Gasteiger partial charge in [0, 0.05) is 32.6 Å². The van der Waals surface area contributed by atoms with Crippen molar-refractivity contribution in [3.63, 3.8) is 0 Å². The molecule has 5 nitrogen and oxygen atoms in total. The summed E-state index contributed by atoms with van der Waals surface area (Å²) in [7, 11) is 0. The molecular weight excluding hydrogens is 296 g/mol. The molecule has 23 heavy (non-hydrogen) atoms. The fourth-order valence-electron chi connectivity index (χ4n) is 1.20. The minimum atomic E-state index is -0.833. The highest BCUT2D eigenvalue weighted by Crippen LogP contribution is 2.00. The van der Waals surface area contributed by atoms with Crippen molar-refractivity contribution < 1.29 is 24.3 Å². The molecule has 136 valence electrons. The third-order valence-electron chi connectivity index (χ3n) is 2.38. The molecule has 5 heteroatoms. The van der Waals surface area contributed by atoms with Gasteiger partial charge in [0.1, 0.15) is 17.5 Å². The van der Waals surface area contributed by atoms with Crippen LogP contribution in [0.2, 0.25) is 0 Å². The lowest BCUT2D eigenvalue weighted by molar-refractivity contribution is -0.134. The Morgan fingerprint density at radius 3 is 1.43 bits per heavy atom. The van der Waals surface area contributed by atoms with E-state index < -0.39 is 5.97 Å². The zero-order valence-corrected chi connectivity index (χ0v) is 15.4. The first-order valence-corrected chi connectivity index (χ1v) is 8.14. The number of unbranched alkanes of at least 4 members (excludes halogenated alkanes) is 2. The van der Waals surface area contributed by atoms with E-state index in [1.165, 1.54) is 18.8 Å². The van der Waals surface area contributed by atoms with Crippen LogP contribution in [0.3, 0.4) is 0 Å². The largest absolute Gasteiger partial charge is 0.481 e. The van der Waals surface area contributed by atoms with E-state index >= 15 is 0 Å². The van der Waals surface area contributed by atoms with Gasteiger partial charge in [0.15, 0.2) is 0 Å². The minimum Gasteiger partial charge on any atom is -0.481 e. The zero-order valence-electron chi connectivity index (χ0n) is 15.4. The highest BCUT2D eigenvalue weighted by Gasteiger charge is 1.95.